The summed E-state index contributed by atoms with van der Waals surface area (Å²) in [5.41, 5.74) is 0. The standard InChI is InChI=1S/C7H13N3O/c1-10-6-4-8-3-2-5(6)9-7(10)11/h5-6,8H,2-4H2,1H3,(H,9,11). The van der Waals surface area contributed by atoms with Crippen LogP contribution in [0.25, 0.3) is 0 Å². The van der Waals surface area contributed by atoms with Crippen molar-refractivity contribution in [3.05, 3.63) is 0 Å². The highest BCUT2D eigenvalue weighted by Crippen LogP contribution is 2.15. The fraction of sp³-hybridized carbons (Fsp3) is 0.857. The molecule has 2 amide bonds. The average molecular weight is 155 g/mol. The first-order valence-electron chi connectivity index (χ1n) is 4.03. The first-order valence-corrected chi connectivity index (χ1v) is 4.03. The van der Waals surface area contributed by atoms with Crippen molar-refractivity contribution in [1.82, 2.24) is 15.5 Å². The lowest BCUT2D eigenvalue weighted by Crippen LogP contribution is -2.48. The second-order valence-corrected chi connectivity index (χ2v) is 3.23. The van der Waals surface area contributed by atoms with Crippen LogP contribution < -0.4 is 10.6 Å². The fourth-order valence-corrected chi connectivity index (χ4v) is 1.83. The topological polar surface area (TPSA) is 44.4 Å². The molecule has 0 aromatic carbocycles. The van der Waals surface area contributed by atoms with E-state index in [1.165, 1.54) is 0 Å². The average Bonchev–Trinajstić information content (AvgIpc) is 2.30. The van der Waals surface area contributed by atoms with Crippen LogP contribution in [0.15, 0.2) is 0 Å². The van der Waals surface area contributed by atoms with Gasteiger partial charge in [0.2, 0.25) is 0 Å². The van der Waals surface area contributed by atoms with E-state index in [1.807, 2.05) is 7.05 Å². The molecule has 2 aliphatic heterocycles. The van der Waals surface area contributed by atoms with E-state index >= 15 is 0 Å². The number of likely N-dealkylation sites (N-methyl/N-ethyl adjacent to an activating group) is 1. The molecule has 0 saturated carbocycles. The first kappa shape index (κ1) is 6.91. The number of amides is 2. The molecule has 2 unspecified atom stereocenters. The molecular weight excluding hydrogens is 142 g/mol. The van der Waals surface area contributed by atoms with E-state index in [9.17, 15) is 4.79 Å². The Kier molecular flexibility index (Phi) is 1.49. The van der Waals surface area contributed by atoms with Crippen LogP contribution >= 0.6 is 0 Å². The minimum Gasteiger partial charge on any atom is -0.333 e. The van der Waals surface area contributed by atoms with Crippen molar-refractivity contribution in [2.75, 3.05) is 20.1 Å². The number of piperidine rings is 1. The predicted molar refractivity (Wildman–Crippen MR) is 41.4 cm³/mol. The summed E-state index contributed by atoms with van der Waals surface area (Å²) in [5.74, 6) is 0. The van der Waals surface area contributed by atoms with Gasteiger partial charge in [0, 0.05) is 13.6 Å². The number of nitrogens with one attached hydrogen (secondary N) is 2. The van der Waals surface area contributed by atoms with Gasteiger partial charge in [-0.25, -0.2) is 4.79 Å². The third-order valence-corrected chi connectivity index (χ3v) is 2.58. The van der Waals surface area contributed by atoms with Gasteiger partial charge in [0.05, 0.1) is 12.1 Å². The van der Waals surface area contributed by atoms with Gasteiger partial charge in [-0.2, -0.15) is 0 Å². The molecule has 2 fully saturated rings. The Morgan fingerprint density at radius 1 is 1.64 bits per heavy atom. The molecule has 11 heavy (non-hydrogen) atoms. The van der Waals surface area contributed by atoms with Crippen LogP contribution in [0.4, 0.5) is 4.79 Å². The Labute approximate surface area is 65.9 Å². The normalized spacial score (nSPS) is 36.8. The van der Waals surface area contributed by atoms with E-state index < -0.39 is 0 Å². The molecule has 0 bridgehead atoms. The Hall–Kier alpha value is -0.770. The van der Waals surface area contributed by atoms with Crippen molar-refractivity contribution >= 4 is 6.03 Å². The van der Waals surface area contributed by atoms with Crippen LogP contribution in [-0.4, -0.2) is 43.2 Å². The second kappa shape index (κ2) is 2.37. The summed E-state index contributed by atoms with van der Waals surface area (Å²) in [6.07, 6.45) is 1.06. The van der Waals surface area contributed by atoms with Gasteiger partial charge in [0.1, 0.15) is 0 Å². The van der Waals surface area contributed by atoms with Gasteiger partial charge in [0.25, 0.3) is 0 Å². The van der Waals surface area contributed by atoms with Crippen LogP contribution in [0.2, 0.25) is 0 Å². The van der Waals surface area contributed by atoms with Crippen molar-refractivity contribution in [2.24, 2.45) is 0 Å². The van der Waals surface area contributed by atoms with Gasteiger partial charge in [-0.3, -0.25) is 0 Å². The lowest BCUT2D eigenvalue weighted by Gasteiger charge is -2.28. The van der Waals surface area contributed by atoms with Crippen molar-refractivity contribution in [3.8, 4) is 0 Å². The zero-order chi connectivity index (χ0) is 7.84. The van der Waals surface area contributed by atoms with Crippen LogP contribution in [0.5, 0.6) is 0 Å². The van der Waals surface area contributed by atoms with Crippen molar-refractivity contribution in [1.29, 1.82) is 0 Å². The second-order valence-electron chi connectivity index (χ2n) is 3.23. The summed E-state index contributed by atoms with van der Waals surface area (Å²) in [6.45, 7) is 1.95. The quantitative estimate of drug-likeness (QED) is 0.489. The molecule has 2 atom stereocenters. The summed E-state index contributed by atoms with van der Waals surface area (Å²) in [5, 5.41) is 6.23. The molecular formula is C7H13N3O. The molecule has 2 saturated heterocycles. The minimum atomic E-state index is 0.0729. The first-order chi connectivity index (χ1) is 5.29. The van der Waals surface area contributed by atoms with Crippen molar-refractivity contribution < 1.29 is 4.79 Å². The van der Waals surface area contributed by atoms with Gasteiger partial charge < -0.3 is 15.5 Å². The molecule has 0 aliphatic carbocycles. The molecule has 2 N–H and O–H groups in total. The van der Waals surface area contributed by atoms with Crippen LogP contribution in [0.3, 0.4) is 0 Å². The number of rotatable bonds is 0. The van der Waals surface area contributed by atoms with Gasteiger partial charge in [-0.1, -0.05) is 0 Å². The lowest BCUT2D eigenvalue weighted by atomic mass is 10.0. The predicted octanol–water partition coefficient (Wildman–Crippen LogP) is -0.628. The highest BCUT2D eigenvalue weighted by atomic mass is 16.2. The largest absolute Gasteiger partial charge is 0.333 e. The SMILES string of the molecule is CN1C(=O)NC2CCNCC21. The molecule has 4 heteroatoms. The number of carbonyl (C=O) groups excluding carboxylic acids is 1. The number of nitrogens with zero attached hydrogens (tertiary/aromatic N) is 1. The molecule has 4 nitrogen and oxygen atoms in total. The number of hydrogen-bond acceptors (Lipinski definition) is 2. The van der Waals surface area contributed by atoms with E-state index in [2.05, 4.69) is 10.6 Å². The third-order valence-electron chi connectivity index (χ3n) is 2.58. The highest BCUT2D eigenvalue weighted by molar-refractivity contribution is 5.77. The number of hydrogen-bond donors (Lipinski definition) is 2. The summed E-state index contributed by atoms with van der Waals surface area (Å²) < 4.78 is 0. The highest BCUT2D eigenvalue weighted by Gasteiger charge is 2.37. The maximum atomic E-state index is 11.1. The van der Waals surface area contributed by atoms with Gasteiger partial charge in [-0.15, -0.1) is 0 Å². The molecule has 62 valence electrons. The van der Waals surface area contributed by atoms with Crippen LogP contribution in [0.1, 0.15) is 6.42 Å². The van der Waals surface area contributed by atoms with E-state index in [0.29, 0.717) is 12.1 Å². The maximum Gasteiger partial charge on any atom is 0.317 e. The Morgan fingerprint density at radius 3 is 3.18 bits per heavy atom. The number of urea groups is 1. The number of fused-ring (bicyclic) bond motifs is 1. The Morgan fingerprint density at radius 2 is 2.45 bits per heavy atom. The summed E-state index contributed by atoms with van der Waals surface area (Å²) in [4.78, 5) is 12.9. The molecule has 2 heterocycles. The van der Waals surface area contributed by atoms with E-state index in [0.717, 1.165) is 19.5 Å². The van der Waals surface area contributed by atoms with Crippen molar-refractivity contribution in [3.63, 3.8) is 0 Å². The zero-order valence-corrected chi connectivity index (χ0v) is 6.63. The summed E-state index contributed by atoms with van der Waals surface area (Å²) >= 11 is 0. The van der Waals surface area contributed by atoms with Gasteiger partial charge in [0.15, 0.2) is 0 Å². The zero-order valence-electron chi connectivity index (χ0n) is 6.63. The fourth-order valence-electron chi connectivity index (χ4n) is 1.83. The summed E-state index contributed by atoms with van der Waals surface area (Å²) in [7, 11) is 1.85. The molecule has 0 spiro atoms. The molecule has 2 aliphatic rings. The number of carbonyl (C=O) groups is 1. The molecule has 0 aromatic rings. The van der Waals surface area contributed by atoms with Gasteiger partial charge >= 0.3 is 6.03 Å². The minimum absolute atomic E-state index is 0.0729. The maximum absolute atomic E-state index is 11.1. The summed E-state index contributed by atoms with van der Waals surface area (Å²) in [6, 6.07) is 0.827. The lowest BCUT2D eigenvalue weighted by molar-refractivity contribution is 0.211. The van der Waals surface area contributed by atoms with Gasteiger partial charge in [-0.05, 0) is 13.0 Å². The Balaban J connectivity index is 2.11. The van der Waals surface area contributed by atoms with Crippen LogP contribution in [0, 0.1) is 0 Å². The van der Waals surface area contributed by atoms with E-state index in [-0.39, 0.29) is 6.03 Å². The van der Waals surface area contributed by atoms with Crippen molar-refractivity contribution in [2.45, 2.75) is 18.5 Å². The smallest absolute Gasteiger partial charge is 0.317 e. The van der Waals surface area contributed by atoms with E-state index in [4.69, 9.17) is 0 Å². The third kappa shape index (κ3) is 0.976. The molecule has 2 rings (SSSR count). The monoisotopic (exact) mass is 155 g/mol. The Bertz CT molecular complexity index is 183. The van der Waals surface area contributed by atoms with Crippen LogP contribution in [-0.2, 0) is 0 Å². The van der Waals surface area contributed by atoms with E-state index in [1.54, 1.807) is 4.90 Å². The molecule has 0 aromatic heterocycles. The molecule has 0 radical (unpaired) electrons.